The van der Waals surface area contributed by atoms with Crippen LogP contribution in [0.25, 0.3) is 6.08 Å². The van der Waals surface area contributed by atoms with Gasteiger partial charge in [-0.15, -0.1) is 0 Å². The van der Waals surface area contributed by atoms with Gasteiger partial charge in [0.1, 0.15) is 0 Å². The average molecular weight is 251 g/mol. The predicted molar refractivity (Wildman–Crippen MR) is 64.4 cm³/mol. The maximum absolute atomic E-state index is 5.99. The number of likely N-dealkylation sites (N-methyl/N-ethyl adjacent to an activating group) is 1. The molecule has 0 spiro atoms. The summed E-state index contributed by atoms with van der Waals surface area (Å²) < 4.78 is 0. The lowest BCUT2D eigenvalue weighted by Crippen LogP contribution is -2.03. The van der Waals surface area contributed by atoms with E-state index in [0.29, 0.717) is 15.1 Å². The van der Waals surface area contributed by atoms with E-state index in [4.69, 9.17) is 34.8 Å². The van der Waals surface area contributed by atoms with Crippen molar-refractivity contribution in [2.45, 2.75) is 0 Å². The average Bonchev–Trinajstić information content (AvgIpc) is 2.18. The normalized spacial score (nSPS) is 11.1. The Bertz CT molecular complexity index is 347. The minimum Gasteiger partial charge on any atom is -0.316 e. The van der Waals surface area contributed by atoms with Crippen molar-refractivity contribution in [2.75, 3.05) is 13.6 Å². The molecule has 1 N–H and O–H groups in total. The topological polar surface area (TPSA) is 12.0 Å². The number of hydrogen-bond donors (Lipinski definition) is 1. The fourth-order valence-corrected chi connectivity index (χ4v) is 1.65. The fourth-order valence-electron chi connectivity index (χ4n) is 0.990. The molecule has 0 amide bonds. The molecule has 0 saturated carbocycles. The fraction of sp³-hybridized carbons (Fsp3) is 0.200. The third-order valence-electron chi connectivity index (χ3n) is 1.69. The summed E-state index contributed by atoms with van der Waals surface area (Å²) in [6.07, 6.45) is 3.79. The van der Waals surface area contributed by atoms with E-state index in [9.17, 15) is 0 Å². The van der Waals surface area contributed by atoms with Gasteiger partial charge in [-0.2, -0.15) is 0 Å². The predicted octanol–water partition coefficient (Wildman–Crippen LogP) is 3.88. The first kappa shape index (κ1) is 11.9. The van der Waals surface area contributed by atoms with Gasteiger partial charge in [-0.25, -0.2) is 0 Å². The summed E-state index contributed by atoms with van der Waals surface area (Å²) in [6, 6.07) is 3.41. The summed E-state index contributed by atoms with van der Waals surface area (Å²) in [4.78, 5) is 0. The largest absolute Gasteiger partial charge is 0.316 e. The van der Waals surface area contributed by atoms with E-state index in [2.05, 4.69) is 5.32 Å². The van der Waals surface area contributed by atoms with E-state index in [1.807, 2.05) is 19.2 Å². The van der Waals surface area contributed by atoms with Gasteiger partial charge in [0.25, 0.3) is 0 Å². The molecule has 1 aromatic rings. The number of rotatable bonds is 3. The van der Waals surface area contributed by atoms with E-state index >= 15 is 0 Å². The molecule has 0 bridgehead atoms. The molecule has 0 atom stereocenters. The third-order valence-corrected chi connectivity index (χ3v) is 2.83. The van der Waals surface area contributed by atoms with E-state index in [1.54, 1.807) is 12.1 Å². The number of benzene rings is 1. The van der Waals surface area contributed by atoms with Crippen molar-refractivity contribution in [2.24, 2.45) is 0 Å². The van der Waals surface area contributed by atoms with Crippen molar-refractivity contribution in [3.63, 3.8) is 0 Å². The Labute approximate surface area is 98.7 Å². The Morgan fingerprint density at radius 3 is 2.50 bits per heavy atom. The highest BCUT2D eigenvalue weighted by atomic mass is 35.5. The van der Waals surface area contributed by atoms with Crippen molar-refractivity contribution >= 4 is 40.9 Å². The van der Waals surface area contributed by atoms with Gasteiger partial charge < -0.3 is 5.32 Å². The second-order valence-corrected chi connectivity index (χ2v) is 3.91. The molecule has 1 rings (SSSR count). The van der Waals surface area contributed by atoms with Gasteiger partial charge in [0, 0.05) is 17.1 Å². The van der Waals surface area contributed by atoms with Crippen molar-refractivity contribution in [3.05, 3.63) is 38.8 Å². The van der Waals surface area contributed by atoms with Crippen LogP contribution in [0.15, 0.2) is 18.2 Å². The third kappa shape index (κ3) is 2.89. The maximum Gasteiger partial charge on any atom is 0.0679 e. The van der Waals surface area contributed by atoms with Crippen molar-refractivity contribution in [1.29, 1.82) is 0 Å². The molecule has 0 heterocycles. The molecule has 0 radical (unpaired) electrons. The van der Waals surface area contributed by atoms with E-state index in [0.717, 1.165) is 12.1 Å². The van der Waals surface area contributed by atoms with Gasteiger partial charge in [-0.05, 0) is 19.2 Å². The zero-order valence-electron chi connectivity index (χ0n) is 7.65. The van der Waals surface area contributed by atoms with Crippen LogP contribution in [0, 0.1) is 0 Å². The molecule has 0 saturated heterocycles. The quantitative estimate of drug-likeness (QED) is 0.803. The van der Waals surface area contributed by atoms with Crippen LogP contribution >= 0.6 is 34.8 Å². The maximum atomic E-state index is 5.99. The highest BCUT2D eigenvalue weighted by Crippen LogP contribution is 2.32. The van der Waals surface area contributed by atoms with E-state index in [1.165, 1.54) is 0 Å². The van der Waals surface area contributed by atoms with Crippen LogP contribution in [0.5, 0.6) is 0 Å². The SMILES string of the molecule is CNC/C=C/c1c(Cl)ccc(Cl)c1Cl. The molecule has 0 aliphatic carbocycles. The van der Waals surface area contributed by atoms with Gasteiger partial charge in [0.15, 0.2) is 0 Å². The van der Waals surface area contributed by atoms with Crippen LogP contribution < -0.4 is 5.32 Å². The zero-order valence-corrected chi connectivity index (χ0v) is 9.92. The molecular formula is C10H10Cl3N. The molecule has 1 aromatic carbocycles. The molecule has 0 unspecified atom stereocenters. The first-order valence-electron chi connectivity index (χ1n) is 4.11. The number of halogens is 3. The summed E-state index contributed by atoms with van der Waals surface area (Å²) in [5, 5.41) is 4.60. The smallest absolute Gasteiger partial charge is 0.0679 e. The molecular weight excluding hydrogens is 240 g/mol. The van der Waals surface area contributed by atoms with E-state index < -0.39 is 0 Å². The minimum absolute atomic E-state index is 0.492. The molecule has 0 aliphatic rings. The Morgan fingerprint density at radius 2 is 1.86 bits per heavy atom. The monoisotopic (exact) mass is 249 g/mol. The molecule has 14 heavy (non-hydrogen) atoms. The summed E-state index contributed by atoms with van der Waals surface area (Å²) in [7, 11) is 1.87. The first-order valence-corrected chi connectivity index (χ1v) is 5.25. The summed E-state index contributed by atoms with van der Waals surface area (Å²) in [5.74, 6) is 0. The van der Waals surface area contributed by atoms with Crippen molar-refractivity contribution < 1.29 is 0 Å². The number of nitrogens with one attached hydrogen (secondary N) is 1. The Hall–Kier alpha value is -0.210. The second kappa shape index (κ2) is 5.62. The van der Waals surface area contributed by atoms with Gasteiger partial charge >= 0.3 is 0 Å². The number of hydrogen-bond acceptors (Lipinski definition) is 1. The van der Waals surface area contributed by atoms with Gasteiger partial charge in [-0.3, -0.25) is 0 Å². The molecule has 0 aliphatic heterocycles. The van der Waals surface area contributed by atoms with Crippen molar-refractivity contribution in [3.8, 4) is 0 Å². The minimum atomic E-state index is 0.492. The molecule has 76 valence electrons. The lowest BCUT2D eigenvalue weighted by Gasteiger charge is -2.03. The molecule has 4 heteroatoms. The first-order chi connectivity index (χ1) is 6.66. The summed E-state index contributed by atoms with van der Waals surface area (Å²) >= 11 is 17.8. The van der Waals surface area contributed by atoms with Gasteiger partial charge in [0.2, 0.25) is 0 Å². The van der Waals surface area contributed by atoms with Gasteiger partial charge in [-0.1, -0.05) is 47.0 Å². The zero-order chi connectivity index (χ0) is 10.6. The lowest BCUT2D eigenvalue weighted by molar-refractivity contribution is 0.922. The Balaban J connectivity index is 3.00. The van der Waals surface area contributed by atoms with E-state index in [-0.39, 0.29) is 0 Å². The van der Waals surface area contributed by atoms with Crippen LogP contribution in [-0.2, 0) is 0 Å². The standard InChI is InChI=1S/C10H10Cl3N/c1-14-6-2-3-7-8(11)4-5-9(12)10(7)13/h2-5,14H,6H2,1H3/b3-2+. The van der Waals surface area contributed by atoms with Crippen LogP contribution in [-0.4, -0.2) is 13.6 Å². The highest BCUT2D eigenvalue weighted by molar-refractivity contribution is 6.44. The molecule has 0 aromatic heterocycles. The van der Waals surface area contributed by atoms with Crippen molar-refractivity contribution in [1.82, 2.24) is 5.32 Å². The van der Waals surface area contributed by atoms with Crippen LogP contribution in [0.4, 0.5) is 0 Å². The Morgan fingerprint density at radius 1 is 1.21 bits per heavy atom. The van der Waals surface area contributed by atoms with Crippen LogP contribution in [0.2, 0.25) is 15.1 Å². The van der Waals surface area contributed by atoms with Crippen LogP contribution in [0.1, 0.15) is 5.56 Å². The highest BCUT2D eigenvalue weighted by Gasteiger charge is 2.05. The lowest BCUT2D eigenvalue weighted by atomic mass is 10.2. The summed E-state index contributed by atoms with van der Waals surface area (Å²) in [6.45, 7) is 0.763. The summed E-state index contributed by atoms with van der Waals surface area (Å²) in [5.41, 5.74) is 0.760. The molecule has 1 nitrogen and oxygen atoms in total. The van der Waals surface area contributed by atoms with Crippen LogP contribution in [0.3, 0.4) is 0 Å². The Kier molecular flexibility index (Phi) is 4.76. The molecule has 0 fully saturated rings. The van der Waals surface area contributed by atoms with Gasteiger partial charge in [0.05, 0.1) is 10.0 Å². The second-order valence-electron chi connectivity index (χ2n) is 2.72.